The van der Waals surface area contributed by atoms with Gasteiger partial charge in [0.05, 0.1) is 23.8 Å². The van der Waals surface area contributed by atoms with E-state index in [0.717, 1.165) is 24.7 Å². The molecule has 7 heteroatoms. The third-order valence-electron chi connectivity index (χ3n) is 5.21. The van der Waals surface area contributed by atoms with E-state index in [1.54, 1.807) is 12.1 Å². The van der Waals surface area contributed by atoms with E-state index in [2.05, 4.69) is 0 Å². The molecule has 0 bridgehead atoms. The van der Waals surface area contributed by atoms with Crippen molar-refractivity contribution in [2.75, 3.05) is 31.2 Å². The van der Waals surface area contributed by atoms with Crippen LogP contribution in [0.25, 0.3) is 0 Å². The van der Waals surface area contributed by atoms with Crippen molar-refractivity contribution in [3.05, 3.63) is 59.2 Å². The summed E-state index contributed by atoms with van der Waals surface area (Å²) in [5.74, 6) is 1.11. The quantitative estimate of drug-likeness (QED) is 0.708. The highest BCUT2D eigenvalue weighted by Crippen LogP contribution is 2.36. The molecule has 1 fully saturated rings. The highest BCUT2D eigenvalue weighted by molar-refractivity contribution is 5.55. The standard InChI is InChI=1S/C22H23F3N2O2/c23-22(24,25)21-14-19(5-2-18(21)15-26)27-10-8-17(9-11-27)16-3-6-20(7-4-16)29-13-1-12-28/h2-7,14,17,28H,1,8-13H2. The van der Waals surface area contributed by atoms with Gasteiger partial charge in [-0.05, 0) is 54.7 Å². The summed E-state index contributed by atoms with van der Waals surface area (Å²) >= 11 is 0. The molecule has 1 aliphatic rings. The Labute approximate surface area is 168 Å². The van der Waals surface area contributed by atoms with Crippen LogP contribution in [0, 0.1) is 11.3 Å². The first kappa shape index (κ1) is 21.0. The molecule has 0 saturated carbocycles. The molecular weight excluding hydrogens is 381 g/mol. The van der Waals surface area contributed by atoms with E-state index in [0.29, 0.717) is 37.7 Å². The van der Waals surface area contributed by atoms with Crippen molar-refractivity contribution in [1.29, 1.82) is 5.26 Å². The average molecular weight is 404 g/mol. The third kappa shape index (κ3) is 5.21. The number of hydrogen-bond acceptors (Lipinski definition) is 4. The Hall–Kier alpha value is -2.72. The van der Waals surface area contributed by atoms with Gasteiger partial charge in [0.25, 0.3) is 0 Å². The zero-order valence-electron chi connectivity index (χ0n) is 16.0. The Morgan fingerprint density at radius 1 is 1.10 bits per heavy atom. The first-order chi connectivity index (χ1) is 13.9. The molecule has 2 aromatic rings. The second-order valence-corrected chi connectivity index (χ2v) is 7.10. The Balaban J connectivity index is 1.63. The second-order valence-electron chi connectivity index (χ2n) is 7.10. The summed E-state index contributed by atoms with van der Waals surface area (Å²) in [4.78, 5) is 1.94. The van der Waals surface area contributed by atoms with Crippen LogP contribution in [-0.4, -0.2) is 31.4 Å². The molecule has 4 nitrogen and oxygen atoms in total. The Morgan fingerprint density at radius 3 is 2.38 bits per heavy atom. The number of alkyl halides is 3. The largest absolute Gasteiger partial charge is 0.494 e. The van der Waals surface area contributed by atoms with Crippen LogP contribution < -0.4 is 9.64 Å². The van der Waals surface area contributed by atoms with Crippen LogP contribution in [0.5, 0.6) is 5.75 Å². The first-order valence-corrected chi connectivity index (χ1v) is 9.62. The summed E-state index contributed by atoms with van der Waals surface area (Å²) < 4.78 is 45.2. The molecule has 0 unspecified atom stereocenters. The SMILES string of the molecule is N#Cc1ccc(N2CCC(c3ccc(OCCCO)cc3)CC2)cc1C(F)(F)F. The van der Waals surface area contributed by atoms with E-state index in [4.69, 9.17) is 15.1 Å². The summed E-state index contributed by atoms with van der Waals surface area (Å²) in [5, 5.41) is 17.7. The molecule has 0 aromatic heterocycles. The normalized spacial score (nSPS) is 15.2. The van der Waals surface area contributed by atoms with Gasteiger partial charge in [0.1, 0.15) is 5.75 Å². The second kappa shape index (κ2) is 9.19. The summed E-state index contributed by atoms with van der Waals surface area (Å²) in [5.41, 5.74) is 0.464. The number of aliphatic hydroxyl groups excluding tert-OH is 1. The van der Waals surface area contributed by atoms with E-state index in [1.807, 2.05) is 29.2 Å². The van der Waals surface area contributed by atoms with Gasteiger partial charge in [0.2, 0.25) is 0 Å². The predicted molar refractivity (Wildman–Crippen MR) is 104 cm³/mol. The van der Waals surface area contributed by atoms with Crippen molar-refractivity contribution in [3.8, 4) is 11.8 Å². The number of nitrogens with zero attached hydrogens (tertiary/aromatic N) is 2. The molecule has 0 atom stereocenters. The maximum Gasteiger partial charge on any atom is 0.417 e. The van der Waals surface area contributed by atoms with Gasteiger partial charge in [-0.1, -0.05) is 12.1 Å². The maximum atomic E-state index is 13.2. The van der Waals surface area contributed by atoms with Crippen molar-refractivity contribution in [3.63, 3.8) is 0 Å². The van der Waals surface area contributed by atoms with E-state index < -0.39 is 11.7 Å². The lowest BCUT2D eigenvalue weighted by Gasteiger charge is -2.34. The molecule has 1 heterocycles. The number of piperidine rings is 1. The van der Waals surface area contributed by atoms with Crippen LogP contribution in [0.2, 0.25) is 0 Å². The molecule has 29 heavy (non-hydrogen) atoms. The van der Waals surface area contributed by atoms with Crippen LogP contribution in [0.3, 0.4) is 0 Å². The number of halogens is 3. The van der Waals surface area contributed by atoms with Gasteiger partial charge in [-0.25, -0.2) is 0 Å². The lowest BCUT2D eigenvalue weighted by atomic mass is 9.89. The maximum absolute atomic E-state index is 13.2. The molecule has 0 aliphatic carbocycles. The van der Waals surface area contributed by atoms with E-state index >= 15 is 0 Å². The molecule has 0 radical (unpaired) electrons. The molecule has 3 rings (SSSR count). The number of aliphatic hydroxyl groups is 1. The minimum Gasteiger partial charge on any atom is -0.494 e. The molecular formula is C22H23F3N2O2. The Morgan fingerprint density at radius 2 is 1.79 bits per heavy atom. The lowest BCUT2D eigenvalue weighted by Crippen LogP contribution is -2.33. The van der Waals surface area contributed by atoms with Gasteiger partial charge in [-0.2, -0.15) is 18.4 Å². The first-order valence-electron chi connectivity index (χ1n) is 9.62. The number of hydrogen-bond donors (Lipinski definition) is 1. The van der Waals surface area contributed by atoms with Crippen molar-refractivity contribution in [2.24, 2.45) is 0 Å². The van der Waals surface area contributed by atoms with Crippen LogP contribution in [-0.2, 0) is 6.18 Å². The minimum absolute atomic E-state index is 0.0976. The fourth-order valence-electron chi connectivity index (χ4n) is 3.62. The van der Waals surface area contributed by atoms with Crippen molar-refractivity contribution in [1.82, 2.24) is 0 Å². The summed E-state index contributed by atoms with van der Waals surface area (Å²) in [6.07, 6.45) is -2.27. The number of benzene rings is 2. The molecule has 0 spiro atoms. The third-order valence-corrected chi connectivity index (χ3v) is 5.21. The molecule has 0 amide bonds. The number of rotatable bonds is 6. The molecule has 2 aromatic carbocycles. The fourth-order valence-corrected chi connectivity index (χ4v) is 3.62. The van der Waals surface area contributed by atoms with Gasteiger partial charge in [-0.15, -0.1) is 0 Å². The van der Waals surface area contributed by atoms with Crippen molar-refractivity contribution in [2.45, 2.75) is 31.4 Å². The zero-order valence-corrected chi connectivity index (χ0v) is 16.0. The lowest BCUT2D eigenvalue weighted by molar-refractivity contribution is -0.137. The van der Waals surface area contributed by atoms with Gasteiger partial charge >= 0.3 is 6.18 Å². The predicted octanol–water partition coefficient (Wildman–Crippen LogP) is 4.72. The van der Waals surface area contributed by atoms with E-state index in [1.165, 1.54) is 11.6 Å². The number of nitriles is 1. The van der Waals surface area contributed by atoms with Crippen LogP contribution in [0.4, 0.5) is 18.9 Å². The Bertz CT molecular complexity index is 852. The molecule has 1 aliphatic heterocycles. The van der Waals surface area contributed by atoms with Gasteiger partial charge in [0, 0.05) is 31.8 Å². The topological polar surface area (TPSA) is 56.5 Å². The summed E-state index contributed by atoms with van der Waals surface area (Å²) in [7, 11) is 0. The highest BCUT2D eigenvalue weighted by Gasteiger charge is 2.34. The van der Waals surface area contributed by atoms with Crippen LogP contribution >= 0.6 is 0 Å². The fraction of sp³-hybridized carbons (Fsp3) is 0.409. The molecule has 1 N–H and O–H groups in total. The minimum atomic E-state index is -4.54. The highest BCUT2D eigenvalue weighted by atomic mass is 19.4. The number of anilines is 1. The number of ether oxygens (including phenoxy) is 1. The molecule has 154 valence electrons. The van der Waals surface area contributed by atoms with E-state index in [9.17, 15) is 13.2 Å². The zero-order chi connectivity index (χ0) is 20.9. The molecule has 1 saturated heterocycles. The van der Waals surface area contributed by atoms with Gasteiger partial charge in [0.15, 0.2) is 0 Å². The van der Waals surface area contributed by atoms with Gasteiger partial charge < -0.3 is 14.7 Å². The van der Waals surface area contributed by atoms with E-state index in [-0.39, 0.29) is 12.2 Å². The summed E-state index contributed by atoms with van der Waals surface area (Å²) in [6.45, 7) is 1.88. The summed E-state index contributed by atoms with van der Waals surface area (Å²) in [6, 6.07) is 13.4. The average Bonchev–Trinajstić information content (AvgIpc) is 2.73. The van der Waals surface area contributed by atoms with Crippen LogP contribution in [0.1, 0.15) is 41.9 Å². The monoisotopic (exact) mass is 404 g/mol. The van der Waals surface area contributed by atoms with Gasteiger partial charge in [-0.3, -0.25) is 0 Å². The van der Waals surface area contributed by atoms with Crippen molar-refractivity contribution < 1.29 is 23.0 Å². The van der Waals surface area contributed by atoms with Crippen LogP contribution in [0.15, 0.2) is 42.5 Å². The van der Waals surface area contributed by atoms with Crippen molar-refractivity contribution >= 4 is 5.69 Å². The smallest absolute Gasteiger partial charge is 0.417 e. The Kier molecular flexibility index (Phi) is 6.65.